The number of hydrogen-bond donors (Lipinski definition) is 1. The van der Waals surface area contributed by atoms with Gasteiger partial charge in [0, 0.05) is 17.5 Å². The number of nitrogens with zero attached hydrogens (tertiary/aromatic N) is 2. The standard InChI is InChI=1S/C15H17N3O3S/c1-9-3-4-11(21-9)8-18-12(5-6-13(18)19)14(20)17-15-16-7-10(2)22-15/h3-4,7,12H,5-6,8H2,1-2H3,(H,16,17,20)/t12-/m1/s1. The summed E-state index contributed by atoms with van der Waals surface area (Å²) >= 11 is 1.42. The van der Waals surface area contributed by atoms with Gasteiger partial charge in [-0.2, -0.15) is 0 Å². The average molecular weight is 319 g/mol. The average Bonchev–Trinajstić information content (AvgIpc) is 3.14. The third-order valence-electron chi connectivity index (χ3n) is 3.60. The van der Waals surface area contributed by atoms with E-state index < -0.39 is 6.04 Å². The third-order valence-corrected chi connectivity index (χ3v) is 4.43. The number of nitrogens with one attached hydrogen (secondary N) is 1. The number of carbonyl (C=O) groups excluding carboxylic acids is 2. The first-order valence-electron chi connectivity index (χ1n) is 7.11. The predicted octanol–water partition coefficient (Wildman–Crippen LogP) is 2.48. The van der Waals surface area contributed by atoms with Crippen LogP contribution in [0.4, 0.5) is 5.13 Å². The lowest BCUT2D eigenvalue weighted by Gasteiger charge is -2.22. The Bertz CT molecular complexity index is 706. The van der Waals surface area contributed by atoms with E-state index >= 15 is 0 Å². The van der Waals surface area contributed by atoms with Gasteiger partial charge < -0.3 is 14.6 Å². The number of amides is 2. The first-order chi connectivity index (χ1) is 10.5. The van der Waals surface area contributed by atoms with Crippen molar-refractivity contribution in [2.24, 2.45) is 0 Å². The molecule has 1 aliphatic rings. The molecule has 3 rings (SSSR count). The maximum Gasteiger partial charge on any atom is 0.248 e. The highest BCUT2D eigenvalue weighted by molar-refractivity contribution is 7.15. The number of aromatic nitrogens is 1. The molecule has 1 N–H and O–H groups in total. The molecule has 7 heteroatoms. The Kier molecular flexibility index (Phi) is 3.98. The number of rotatable bonds is 4. The molecule has 0 unspecified atom stereocenters. The van der Waals surface area contributed by atoms with Gasteiger partial charge in [-0.05, 0) is 32.4 Å². The maximum atomic E-state index is 12.4. The van der Waals surface area contributed by atoms with Crippen LogP contribution in [0.15, 0.2) is 22.7 Å². The van der Waals surface area contributed by atoms with Gasteiger partial charge in [0.25, 0.3) is 0 Å². The van der Waals surface area contributed by atoms with Crippen LogP contribution in [-0.2, 0) is 16.1 Å². The summed E-state index contributed by atoms with van der Waals surface area (Å²) in [6, 6.07) is 3.21. The Morgan fingerprint density at radius 3 is 2.95 bits per heavy atom. The Balaban J connectivity index is 1.70. The van der Waals surface area contributed by atoms with Crippen molar-refractivity contribution >= 4 is 28.3 Å². The van der Waals surface area contributed by atoms with E-state index in [9.17, 15) is 9.59 Å². The number of furan rings is 1. The highest BCUT2D eigenvalue weighted by atomic mass is 32.1. The molecule has 0 saturated carbocycles. The van der Waals surface area contributed by atoms with Gasteiger partial charge in [0.15, 0.2) is 5.13 Å². The van der Waals surface area contributed by atoms with E-state index in [-0.39, 0.29) is 11.8 Å². The second-order valence-electron chi connectivity index (χ2n) is 5.35. The fraction of sp³-hybridized carbons (Fsp3) is 0.400. The highest BCUT2D eigenvalue weighted by Gasteiger charge is 2.36. The number of thiazole rings is 1. The minimum Gasteiger partial charge on any atom is -0.464 e. The van der Waals surface area contributed by atoms with E-state index in [1.54, 1.807) is 11.1 Å². The van der Waals surface area contributed by atoms with E-state index in [0.717, 1.165) is 10.6 Å². The summed E-state index contributed by atoms with van der Waals surface area (Å²) in [5.41, 5.74) is 0. The van der Waals surface area contributed by atoms with Gasteiger partial charge in [-0.15, -0.1) is 11.3 Å². The van der Waals surface area contributed by atoms with Crippen LogP contribution in [0.5, 0.6) is 0 Å². The van der Waals surface area contributed by atoms with Crippen LogP contribution in [0.2, 0.25) is 0 Å². The van der Waals surface area contributed by atoms with Crippen molar-refractivity contribution < 1.29 is 14.0 Å². The largest absolute Gasteiger partial charge is 0.464 e. The minimum absolute atomic E-state index is 0.0236. The highest BCUT2D eigenvalue weighted by Crippen LogP contribution is 2.24. The van der Waals surface area contributed by atoms with Gasteiger partial charge in [0.05, 0.1) is 6.54 Å². The normalized spacial score (nSPS) is 18.0. The molecule has 6 nitrogen and oxygen atoms in total. The van der Waals surface area contributed by atoms with Gasteiger partial charge in [-0.1, -0.05) is 0 Å². The van der Waals surface area contributed by atoms with Crippen molar-refractivity contribution in [2.75, 3.05) is 5.32 Å². The predicted molar refractivity (Wildman–Crippen MR) is 82.5 cm³/mol. The first kappa shape index (κ1) is 14.8. The summed E-state index contributed by atoms with van der Waals surface area (Å²) in [6.07, 6.45) is 2.62. The van der Waals surface area contributed by atoms with E-state index in [1.165, 1.54) is 11.3 Å². The number of carbonyl (C=O) groups is 2. The lowest BCUT2D eigenvalue weighted by atomic mass is 10.2. The van der Waals surface area contributed by atoms with Crippen molar-refractivity contribution in [1.82, 2.24) is 9.88 Å². The Morgan fingerprint density at radius 1 is 1.50 bits per heavy atom. The second kappa shape index (κ2) is 5.92. The topological polar surface area (TPSA) is 75.4 Å². The number of likely N-dealkylation sites (tertiary alicyclic amines) is 1. The molecule has 2 aromatic rings. The molecule has 2 aromatic heterocycles. The van der Waals surface area contributed by atoms with Crippen molar-refractivity contribution in [3.8, 4) is 0 Å². The lowest BCUT2D eigenvalue weighted by molar-refractivity contribution is -0.134. The molecular weight excluding hydrogens is 302 g/mol. The molecule has 0 aromatic carbocycles. The Labute approximate surface area is 132 Å². The molecule has 0 spiro atoms. The van der Waals surface area contributed by atoms with Crippen LogP contribution in [0.3, 0.4) is 0 Å². The Morgan fingerprint density at radius 2 is 2.32 bits per heavy atom. The molecule has 0 radical (unpaired) electrons. The van der Waals surface area contributed by atoms with E-state index in [2.05, 4.69) is 10.3 Å². The van der Waals surface area contributed by atoms with Crippen molar-refractivity contribution in [1.29, 1.82) is 0 Å². The molecule has 3 heterocycles. The number of hydrogen-bond acceptors (Lipinski definition) is 5. The van der Waals surface area contributed by atoms with E-state index in [1.807, 2.05) is 26.0 Å². The zero-order chi connectivity index (χ0) is 15.7. The third kappa shape index (κ3) is 3.04. The maximum absolute atomic E-state index is 12.4. The lowest BCUT2D eigenvalue weighted by Crippen LogP contribution is -2.41. The smallest absolute Gasteiger partial charge is 0.248 e. The molecule has 116 valence electrons. The first-order valence-corrected chi connectivity index (χ1v) is 7.92. The second-order valence-corrected chi connectivity index (χ2v) is 6.59. The van der Waals surface area contributed by atoms with Gasteiger partial charge in [0.2, 0.25) is 11.8 Å². The SMILES string of the molecule is Cc1ccc(CN2C(=O)CC[C@@H]2C(=O)Nc2ncc(C)s2)o1. The molecule has 1 aliphatic heterocycles. The van der Waals surface area contributed by atoms with E-state index in [0.29, 0.717) is 30.3 Å². The van der Waals surface area contributed by atoms with Crippen LogP contribution < -0.4 is 5.32 Å². The van der Waals surface area contributed by atoms with Crippen LogP contribution in [0.1, 0.15) is 29.2 Å². The van der Waals surface area contributed by atoms with Gasteiger partial charge >= 0.3 is 0 Å². The summed E-state index contributed by atoms with van der Waals surface area (Å²) < 4.78 is 5.51. The zero-order valence-corrected chi connectivity index (χ0v) is 13.3. The van der Waals surface area contributed by atoms with Crippen molar-refractivity contribution in [3.63, 3.8) is 0 Å². The van der Waals surface area contributed by atoms with Crippen LogP contribution in [-0.4, -0.2) is 27.7 Å². The quantitative estimate of drug-likeness (QED) is 0.939. The van der Waals surface area contributed by atoms with Gasteiger partial charge in [0.1, 0.15) is 17.6 Å². The van der Waals surface area contributed by atoms with Gasteiger partial charge in [-0.3, -0.25) is 9.59 Å². The molecular formula is C15H17N3O3S. The summed E-state index contributed by atoms with van der Waals surface area (Å²) in [4.78, 5) is 31.2. The Hall–Kier alpha value is -2.15. The zero-order valence-electron chi connectivity index (χ0n) is 12.5. The summed E-state index contributed by atoms with van der Waals surface area (Å²) in [6.45, 7) is 4.10. The minimum atomic E-state index is -0.470. The molecule has 22 heavy (non-hydrogen) atoms. The van der Waals surface area contributed by atoms with Gasteiger partial charge in [-0.25, -0.2) is 4.98 Å². The fourth-order valence-electron chi connectivity index (χ4n) is 2.54. The molecule has 2 amide bonds. The molecule has 1 atom stereocenters. The van der Waals surface area contributed by atoms with Crippen molar-refractivity contribution in [3.05, 3.63) is 34.7 Å². The summed E-state index contributed by atoms with van der Waals surface area (Å²) in [7, 11) is 0. The monoisotopic (exact) mass is 319 g/mol. The molecule has 0 bridgehead atoms. The van der Waals surface area contributed by atoms with Crippen molar-refractivity contribution in [2.45, 2.75) is 39.3 Å². The molecule has 1 fully saturated rings. The molecule has 0 aliphatic carbocycles. The number of aryl methyl sites for hydroxylation is 2. The van der Waals surface area contributed by atoms with Crippen LogP contribution >= 0.6 is 11.3 Å². The summed E-state index contributed by atoms with van der Waals surface area (Å²) in [5.74, 6) is 1.27. The molecule has 1 saturated heterocycles. The summed E-state index contributed by atoms with van der Waals surface area (Å²) in [5, 5.41) is 3.36. The van der Waals surface area contributed by atoms with E-state index in [4.69, 9.17) is 4.42 Å². The number of anilines is 1. The van der Waals surface area contributed by atoms with Crippen LogP contribution in [0.25, 0.3) is 0 Å². The van der Waals surface area contributed by atoms with Crippen LogP contribution in [0, 0.1) is 13.8 Å². The fourth-order valence-corrected chi connectivity index (χ4v) is 3.21.